The fourth-order valence-corrected chi connectivity index (χ4v) is 3.94. The lowest BCUT2D eigenvalue weighted by Gasteiger charge is -2.05. The summed E-state index contributed by atoms with van der Waals surface area (Å²) >= 11 is 0. The third kappa shape index (κ3) is 9.92. The minimum atomic E-state index is -0.659. The Morgan fingerprint density at radius 3 is 1.68 bits per heavy atom. The summed E-state index contributed by atoms with van der Waals surface area (Å²) in [6.07, 6.45) is 18.1. The van der Waals surface area contributed by atoms with Crippen LogP contribution in [0.2, 0.25) is 0 Å². The number of hydrogen-bond donors (Lipinski definition) is 1. The van der Waals surface area contributed by atoms with Crippen molar-refractivity contribution < 1.29 is 9.90 Å². The van der Waals surface area contributed by atoms with Crippen LogP contribution in [-0.2, 0) is 11.2 Å². The Bertz CT molecular complexity index is 677. The first-order valence-corrected chi connectivity index (χ1v) is 11.5. The van der Waals surface area contributed by atoms with E-state index in [-0.39, 0.29) is 0 Å². The van der Waals surface area contributed by atoms with Gasteiger partial charge in [-0.25, -0.2) is 0 Å². The van der Waals surface area contributed by atoms with Gasteiger partial charge in [-0.2, -0.15) is 0 Å². The average molecular weight is 383 g/mol. The summed E-state index contributed by atoms with van der Waals surface area (Å²) < 4.78 is 0. The van der Waals surface area contributed by atoms with E-state index in [4.69, 9.17) is 5.11 Å². The summed E-state index contributed by atoms with van der Waals surface area (Å²) in [5, 5.41) is 11.3. The van der Waals surface area contributed by atoms with E-state index in [9.17, 15) is 4.79 Å². The highest BCUT2D eigenvalue weighted by atomic mass is 16.4. The van der Waals surface area contributed by atoms with Crippen molar-refractivity contribution in [3.63, 3.8) is 0 Å². The molecule has 0 spiro atoms. The normalized spacial score (nSPS) is 11.1. The number of carboxylic acids is 1. The van der Waals surface area contributed by atoms with E-state index >= 15 is 0 Å². The van der Waals surface area contributed by atoms with E-state index in [2.05, 4.69) is 42.5 Å². The molecule has 2 aromatic carbocycles. The summed E-state index contributed by atoms with van der Waals surface area (Å²) in [6.45, 7) is 0. The Labute approximate surface area is 171 Å². The molecule has 0 amide bonds. The van der Waals surface area contributed by atoms with E-state index in [1.165, 1.54) is 93.4 Å². The van der Waals surface area contributed by atoms with Crippen molar-refractivity contribution in [1.82, 2.24) is 0 Å². The summed E-state index contributed by atoms with van der Waals surface area (Å²) in [5.74, 6) is -0.659. The molecule has 0 aliphatic carbocycles. The first-order chi connectivity index (χ1) is 13.8. The SMILES string of the molecule is O=C(O)CCCCCCCCCCCCCCCc1ccc2ccccc2c1. The predicted octanol–water partition coefficient (Wildman–Crippen LogP) is 7.93. The first-order valence-electron chi connectivity index (χ1n) is 11.5. The average Bonchev–Trinajstić information content (AvgIpc) is 2.70. The van der Waals surface area contributed by atoms with E-state index in [1.54, 1.807) is 0 Å². The van der Waals surface area contributed by atoms with Crippen molar-refractivity contribution in [2.75, 3.05) is 0 Å². The first kappa shape index (κ1) is 22.5. The van der Waals surface area contributed by atoms with Crippen LogP contribution in [0, 0.1) is 0 Å². The number of carboxylic acid groups (broad SMARTS) is 1. The fraction of sp³-hybridized carbons (Fsp3) is 0.577. The maximum Gasteiger partial charge on any atom is 0.303 e. The second-order valence-corrected chi connectivity index (χ2v) is 8.17. The highest BCUT2D eigenvalue weighted by Gasteiger charge is 1.98. The zero-order valence-corrected chi connectivity index (χ0v) is 17.5. The summed E-state index contributed by atoms with van der Waals surface area (Å²) in [7, 11) is 0. The molecule has 2 heteroatoms. The molecule has 1 N–H and O–H groups in total. The Kier molecular flexibility index (Phi) is 11.4. The Morgan fingerprint density at radius 1 is 0.607 bits per heavy atom. The lowest BCUT2D eigenvalue weighted by Crippen LogP contribution is -1.93. The summed E-state index contributed by atoms with van der Waals surface area (Å²) in [4.78, 5) is 10.4. The standard InChI is InChI=1S/C26H38O2/c27-26(28)19-13-11-9-7-5-3-1-2-4-6-8-10-12-16-23-20-21-24-17-14-15-18-25(24)22-23/h14-15,17-18,20-22H,1-13,16,19H2,(H,27,28). The molecule has 0 saturated heterocycles. The van der Waals surface area contributed by atoms with Gasteiger partial charge >= 0.3 is 5.97 Å². The molecule has 28 heavy (non-hydrogen) atoms. The zero-order valence-electron chi connectivity index (χ0n) is 17.5. The molecule has 0 aliphatic heterocycles. The molecule has 2 aromatic rings. The van der Waals surface area contributed by atoms with Crippen molar-refractivity contribution in [1.29, 1.82) is 0 Å². The summed E-state index contributed by atoms with van der Waals surface area (Å²) in [6, 6.07) is 15.5. The molecule has 2 rings (SSSR count). The molecule has 0 atom stereocenters. The van der Waals surface area contributed by atoms with Gasteiger partial charge in [-0.15, -0.1) is 0 Å². The van der Waals surface area contributed by atoms with Crippen molar-refractivity contribution in [2.45, 2.75) is 96.3 Å². The van der Waals surface area contributed by atoms with Gasteiger partial charge < -0.3 is 5.11 Å². The largest absolute Gasteiger partial charge is 0.481 e. The number of rotatable bonds is 16. The van der Waals surface area contributed by atoms with Crippen LogP contribution in [0.25, 0.3) is 10.8 Å². The molecule has 0 fully saturated rings. The van der Waals surface area contributed by atoms with Crippen molar-refractivity contribution in [3.05, 3.63) is 48.0 Å². The van der Waals surface area contributed by atoms with Gasteiger partial charge in [0.05, 0.1) is 0 Å². The van der Waals surface area contributed by atoms with E-state index in [0.29, 0.717) is 6.42 Å². The molecule has 0 saturated carbocycles. The lowest BCUT2D eigenvalue weighted by molar-refractivity contribution is -0.137. The van der Waals surface area contributed by atoms with E-state index < -0.39 is 5.97 Å². The maximum absolute atomic E-state index is 10.4. The molecule has 154 valence electrons. The number of carbonyl (C=O) groups is 1. The van der Waals surface area contributed by atoms with Crippen LogP contribution in [0.15, 0.2) is 42.5 Å². The van der Waals surface area contributed by atoms with Crippen LogP contribution in [-0.4, -0.2) is 11.1 Å². The van der Waals surface area contributed by atoms with Gasteiger partial charge in [-0.1, -0.05) is 113 Å². The van der Waals surface area contributed by atoms with Gasteiger partial charge in [0.2, 0.25) is 0 Å². The van der Waals surface area contributed by atoms with Gasteiger partial charge in [-0.3, -0.25) is 4.79 Å². The summed E-state index contributed by atoms with van der Waals surface area (Å²) in [5.41, 5.74) is 1.47. The topological polar surface area (TPSA) is 37.3 Å². The smallest absolute Gasteiger partial charge is 0.303 e. The Balaban J connectivity index is 1.36. The number of fused-ring (bicyclic) bond motifs is 1. The van der Waals surface area contributed by atoms with Gasteiger partial charge in [-0.05, 0) is 35.6 Å². The molecular weight excluding hydrogens is 344 g/mol. The highest BCUT2D eigenvalue weighted by molar-refractivity contribution is 5.82. The van der Waals surface area contributed by atoms with Gasteiger partial charge in [0.15, 0.2) is 0 Å². The van der Waals surface area contributed by atoms with Gasteiger partial charge in [0.25, 0.3) is 0 Å². The van der Waals surface area contributed by atoms with Crippen LogP contribution in [0.1, 0.15) is 95.5 Å². The number of aryl methyl sites for hydroxylation is 1. The van der Waals surface area contributed by atoms with Gasteiger partial charge in [0.1, 0.15) is 0 Å². The highest BCUT2D eigenvalue weighted by Crippen LogP contribution is 2.18. The van der Waals surface area contributed by atoms with Crippen LogP contribution in [0.4, 0.5) is 0 Å². The monoisotopic (exact) mass is 382 g/mol. The third-order valence-electron chi connectivity index (χ3n) is 5.67. The molecule has 0 aliphatic rings. The molecule has 0 bridgehead atoms. The number of hydrogen-bond acceptors (Lipinski definition) is 1. The minimum absolute atomic E-state index is 0.336. The van der Waals surface area contributed by atoms with Crippen molar-refractivity contribution >= 4 is 16.7 Å². The molecule has 2 nitrogen and oxygen atoms in total. The fourth-order valence-electron chi connectivity index (χ4n) is 3.94. The number of benzene rings is 2. The maximum atomic E-state index is 10.4. The Hall–Kier alpha value is -1.83. The second-order valence-electron chi connectivity index (χ2n) is 8.17. The third-order valence-corrected chi connectivity index (χ3v) is 5.67. The van der Waals surface area contributed by atoms with Crippen LogP contribution < -0.4 is 0 Å². The van der Waals surface area contributed by atoms with Crippen LogP contribution >= 0.6 is 0 Å². The Morgan fingerprint density at radius 2 is 1.11 bits per heavy atom. The molecule has 0 unspecified atom stereocenters. The zero-order chi connectivity index (χ0) is 19.9. The van der Waals surface area contributed by atoms with Crippen LogP contribution in [0.5, 0.6) is 0 Å². The van der Waals surface area contributed by atoms with Crippen molar-refractivity contribution in [2.24, 2.45) is 0 Å². The minimum Gasteiger partial charge on any atom is -0.481 e. The second kappa shape index (κ2) is 14.2. The predicted molar refractivity (Wildman–Crippen MR) is 120 cm³/mol. The molecule has 0 heterocycles. The molecule has 0 radical (unpaired) electrons. The van der Waals surface area contributed by atoms with Crippen molar-refractivity contribution in [3.8, 4) is 0 Å². The number of unbranched alkanes of at least 4 members (excludes halogenated alkanes) is 12. The van der Waals surface area contributed by atoms with Crippen LogP contribution in [0.3, 0.4) is 0 Å². The van der Waals surface area contributed by atoms with Gasteiger partial charge in [0, 0.05) is 6.42 Å². The molecular formula is C26H38O2. The lowest BCUT2D eigenvalue weighted by atomic mass is 10.0. The molecule has 0 aromatic heterocycles. The number of aliphatic carboxylic acids is 1. The van der Waals surface area contributed by atoms with E-state index in [0.717, 1.165) is 12.8 Å². The van der Waals surface area contributed by atoms with E-state index in [1.807, 2.05) is 0 Å². The quantitative estimate of drug-likeness (QED) is 0.299.